The number of hydrogen-bond acceptors (Lipinski definition) is 3. The third kappa shape index (κ3) is 3.50. The summed E-state index contributed by atoms with van der Waals surface area (Å²) in [4.78, 5) is 26.0. The van der Waals surface area contributed by atoms with Gasteiger partial charge in [-0.15, -0.1) is 0 Å². The molecule has 0 radical (unpaired) electrons. The van der Waals surface area contributed by atoms with Crippen LogP contribution in [0.5, 0.6) is 5.75 Å². The van der Waals surface area contributed by atoms with Gasteiger partial charge in [0.1, 0.15) is 5.75 Å². The van der Waals surface area contributed by atoms with Gasteiger partial charge in [0.05, 0.1) is 13.0 Å². The van der Waals surface area contributed by atoms with Gasteiger partial charge in [-0.25, -0.2) is 0 Å². The summed E-state index contributed by atoms with van der Waals surface area (Å²) < 4.78 is 5.35. The molecule has 1 amide bonds. The summed E-state index contributed by atoms with van der Waals surface area (Å²) in [6, 6.07) is 13.0. The van der Waals surface area contributed by atoms with Crippen molar-refractivity contribution in [2.75, 3.05) is 7.11 Å². The molecule has 1 heterocycles. The van der Waals surface area contributed by atoms with Crippen LogP contribution in [0.15, 0.2) is 42.5 Å². The van der Waals surface area contributed by atoms with Crippen molar-refractivity contribution in [2.45, 2.75) is 32.4 Å². The topological polar surface area (TPSA) is 66.8 Å². The zero-order valence-corrected chi connectivity index (χ0v) is 14.4. The van der Waals surface area contributed by atoms with Crippen LogP contribution in [0.2, 0.25) is 0 Å². The fraction of sp³-hybridized carbons (Fsp3) is 0.300. The van der Waals surface area contributed by atoms with E-state index in [0.717, 1.165) is 22.4 Å². The van der Waals surface area contributed by atoms with E-state index < -0.39 is 11.9 Å². The first-order chi connectivity index (χ1) is 12.0. The second kappa shape index (κ2) is 6.97. The van der Waals surface area contributed by atoms with Crippen LogP contribution in [0.4, 0.5) is 0 Å². The number of rotatable bonds is 5. The van der Waals surface area contributed by atoms with Crippen molar-refractivity contribution in [3.05, 3.63) is 64.7 Å². The Hall–Kier alpha value is -2.82. The number of fused-ring (bicyclic) bond motifs is 1. The van der Waals surface area contributed by atoms with E-state index >= 15 is 0 Å². The average Bonchev–Trinajstić information content (AvgIpc) is 3.04. The monoisotopic (exact) mass is 339 g/mol. The summed E-state index contributed by atoms with van der Waals surface area (Å²) in [6.45, 7) is 2.89. The maximum atomic E-state index is 12.7. The lowest BCUT2D eigenvalue weighted by molar-refractivity contribution is -0.143. The number of amides is 1. The molecule has 1 atom stereocenters. The van der Waals surface area contributed by atoms with Crippen molar-refractivity contribution in [1.82, 2.24) is 4.90 Å². The molecule has 0 fully saturated rings. The smallest absolute Gasteiger partial charge is 0.311 e. The van der Waals surface area contributed by atoms with Crippen LogP contribution >= 0.6 is 0 Å². The van der Waals surface area contributed by atoms with Crippen LogP contribution in [0.1, 0.15) is 34.6 Å². The summed E-state index contributed by atoms with van der Waals surface area (Å²) in [5.74, 6) is -1.21. The molecule has 5 nitrogen and oxygen atoms in total. The van der Waals surface area contributed by atoms with E-state index in [9.17, 15) is 14.7 Å². The number of ether oxygens (including phenoxy) is 1. The van der Waals surface area contributed by atoms with Crippen molar-refractivity contribution in [1.29, 1.82) is 0 Å². The Bertz CT molecular complexity index is 798. The van der Waals surface area contributed by atoms with Gasteiger partial charge in [0.2, 0.25) is 5.91 Å². The summed E-state index contributed by atoms with van der Waals surface area (Å²) >= 11 is 0. The number of benzene rings is 2. The van der Waals surface area contributed by atoms with Gasteiger partial charge in [0.25, 0.3) is 0 Å². The van der Waals surface area contributed by atoms with E-state index in [1.54, 1.807) is 24.1 Å². The molecule has 1 aliphatic rings. The zero-order chi connectivity index (χ0) is 18.0. The highest BCUT2D eigenvalue weighted by atomic mass is 16.5. The van der Waals surface area contributed by atoms with Gasteiger partial charge in [0.15, 0.2) is 0 Å². The van der Waals surface area contributed by atoms with E-state index in [1.165, 1.54) is 0 Å². The molecule has 0 aromatic heterocycles. The first-order valence-corrected chi connectivity index (χ1v) is 8.21. The van der Waals surface area contributed by atoms with Crippen LogP contribution in [0, 0.1) is 6.92 Å². The zero-order valence-electron chi connectivity index (χ0n) is 14.4. The predicted octanol–water partition coefficient (Wildman–Crippen LogP) is 3.10. The van der Waals surface area contributed by atoms with Crippen LogP contribution < -0.4 is 4.74 Å². The van der Waals surface area contributed by atoms with Gasteiger partial charge in [-0.2, -0.15) is 0 Å². The maximum Gasteiger partial charge on any atom is 0.311 e. The Balaban J connectivity index is 1.75. The second-order valence-electron chi connectivity index (χ2n) is 6.35. The number of carboxylic acids is 1. The quantitative estimate of drug-likeness (QED) is 0.909. The number of aliphatic carboxylic acids is 1. The fourth-order valence-electron chi connectivity index (χ4n) is 3.21. The van der Waals surface area contributed by atoms with Gasteiger partial charge >= 0.3 is 5.97 Å². The van der Waals surface area contributed by atoms with E-state index in [1.807, 2.05) is 37.3 Å². The Morgan fingerprint density at radius 2 is 1.88 bits per heavy atom. The lowest BCUT2D eigenvalue weighted by atomic mass is 9.94. The first-order valence-electron chi connectivity index (χ1n) is 8.21. The lowest BCUT2D eigenvalue weighted by Gasteiger charge is -2.19. The Morgan fingerprint density at radius 3 is 2.52 bits per heavy atom. The number of aryl methyl sites for hydroxylation is 1. The number of nitrogens with zero attached hydrogens (tertiary/aromatic N) is 1. The minimum absolute atomic E-state index is 0.0469. The van der Waals surface area contributed by atoms with Crippen LogP contribution in [0.25, 0.3) is 0 Å². The van der Waals surface area contributed by atoms with Crippen molar-refractivity contribution in [3.8, 4) is 5.75 Å². The third-order valence-corrected chi connectivity index (χ3v) is 4.67. The van der Waals surface area contributed by atoms with Crippen LogP contribution in [-0.4, -0.2) is 29.0 Å². The van der Waals surface area contributed by atoms with Gasteiger partial charge in [-0.3, -0.25) is 9.59 Å². The molecule has 0 aliphatic carbocycles. The molecule has 0 saturated heterocycles. The van der Waals surface area contributed by atoms with Crippen molar-refractivity contribution < 1.29 is 19.4 Å². The number of hydrogen-bond donors (Lipinski definition) is 1. The Kier molecular flexibility index (Phi) is 4.74. The molecule has 130 valence electrons. The predicted molar refractivity (Wildman–Crippen MR) is 93.4 cm³/mol. The molecule has 3 rings (SSSR count). The highest BCUT2D eigenvalue weighted by Crippen LogP contribution is 2.32. The molecule has 1 unspecified atom stereocenters. The van der Waals surface area contributed by atoms with E-state index in [2.05, 4.69) is 0 Å². The lowest BCUT2D eigenvalue weighted by Crippen LogP contribution is -2.28. The number of methoxy groups -OCH3 is 1. The van der Waals surface area contributed by atoms with E-state index in [4.69, 9.17) is 4.74 Å². The fourth-order valence-corrected chi connectivity index (χ4v) is 3.21. The first kappa shape index (κ1) is 17.0. The number of carbonyl (C=O) groups is 2. The summed E-state index contributed by atoms with van der Waals surface area (Å²) in [5.41, 5.74) is 3.76. The molecular weight excluding hydrogens is 318 g/mol. The minimum Gasteiger partial charge on any atom is -0.496 e. The third-order valence-electron chi connectivity index (χ3n) is 4.67. The molecule has 2 aromatic rings. The molecule has 0 spiro atoms. The molecule has 5 heteroatoms. The molecule has 1 N–H and O–H groups in total. The number of carbonyl (C=O) groups excluding carboxylic acids is 1. The Labute approximate surface area is 146 Å². The summed E-state index contributed by atoms with van der Waals surface area (Å²) in [5, 5.41) is 9.55. The van der Waals surface area contributed by atoms with Crippen molar-refractivity contribution >= 4 is 11.9 Å². The largest absolute Gasteiger partial charge is 0.496 e. The van der Waals surface area contributed by atoms with Gasteiger partial charge in [-0.1, -0.05) is 42.0 Å². The average molecular weight is 339 g/mol. The number of carboxylic acid groups (broad SMARTS) is 1. The normalized spacial score (nSPS) is 14.1. The SMILES string of the molecule is COc1cccc2c1CN(C(=O)CC(C(=O)O)c1ccc(C)cc1)C2. The second-order valence-corrected chi connectivity index (χ2v) is 6.35. The molecule has 0 bridgehead atoms. The van der Waals surface area contributed by atoms with E-state index in [-0.39, 0.29) is 12.3 Å². The standard InChI is InChI=1S/C20H21NO4/c1-13-6-8-14(9-7-13)16(20(23)24)10-19(22)21-11-15-4-3-5-18(25-2)17(15)12-21/h3-9,16H,10-12H2,1-2H3,(H,23,24). The van der Waals surface area contributed by atoms with E-state index in [0.29, 0.717) is 18.7 Å². The summed E-state index contributed by atoms with van der Waals surface area (Å²) in [6.07, 6.45) is -0.0469. The Morgan fingerprint density at radius 1 is 1.16 bits per heavy atom. The highest BCUT2D eigenvalue weighted by Gasteiger charge is 2.30. The maximum absolute atomic E-state index is 12.7. The van der Waals surface area contributed by atoms with Gasteiger partial charge in [-0.05, 0) is 24.1 Å². The summed E-state index contributed by atoms with van der Waals surface area (Å²) in [7, 11) is 1.61. The molecular formula is C20H21NO4. The van der Waals surface area contributed by atoms with Crippen molar-refractivity contribution in [2.24, 2.45) is 0 Å². The highest BCUT2D eigenvalue weighted by molar-refractivity contribution is 5.86. The van der Waals surface area contributed by atoms with Crippen molar-refractivity contribution in [3.63, 3.8) is 0 Å². The van der Waals surface area contributed by atoms with Gasteiger partial charge < -0.3 is 14.7 Å². The van der Waals surface area contributed by atoms with Crippen LogP contribution in [-0.2, 0) is 22.7 Å². The molecule has 25 heavy (non-hydrogen) atoms. The van der Waals surface area contributed by atoms with Crippen LogP contribution in [0.3, 0.4) is 0 Å². The van der Waals surface area contributed by atoms with Gasteiger partial charge in [0, 0.05) is 25.1 Å². The molecule has 0 saturated carbocycles. The molecule has 2 aromatic carbocycles. The molecule has 1 aliphatic heterocycles. The minimum atomic E-state index is -0.980.